The van der Waals surface area contributed by atoms with Crippen molar-refractivity contribution in [3.63, 3.8) is 0 Å². The molecule has 7 heteroatoms. The molecule has 0 aromatic carbocycles. The second-order valence-corrected chi connectivity index (χ2v) is 5.86. The molecular weight excluding hydrogens is 230 g/mol. The summed E-state index contributed by atoms with van der Waals surface area (Å²) in [5.41, 5.74) is 5.50. The zero-order valence-corrected chi connectivity index (χ0v) is 10.3. The van der Waals surface area contributed by atoms with Crippen molar-refractivity contribution in [2.75, 3.05) is 11.5 Å². The van der Waals surface area contributed by atoms with Gasteiger partial charge in [0.1, 0.15) is 11.5 Å². The van der Waals surface area contributed by atoms with Gasteiger partial charge in [-0.1, -0.05) is 6.92 Å². The number of aromatic nitrogens is 2. The minimum absolute atomic E-state index is 0.0223. The van der Waals surface area contributed by atoms with Crippen molar-refractivity contribution in [3.8, 4) is 0 Å². The molecule has 0 aliphatic carbocycles. The number of anilines is 1. The fourth-order valence-electron chi connectivity index (χ4n) is 1.21. The molecule has 1 aromatic heterocycles. The molecule has 1 aromatic rings. The Bertz CT molecular complexity index is 502. The van der Waals surface area contributed by atoms with E-state index in [0.29, 0.717) is 0 Å². The maximum absolute atomic E-state index is 11.6. The molecular formula is C9H15N3O3S. The molecule has 6 nitrogen and oxygen atoms in total. The summed E-state index contributed by atoms with van der Waals surface area (Å²) < 4.78 is 24.1. The zero-order valence-electron chi connectivity index (χ0n) is 9.47. The number of carbonyl (C=O) groups excluding carboxylic acids is 1. The second kappa shape index (κ2) is 4.25. The van der Waals surface area contributed by atoms with Crippen LogP contribution >= 0.6 is 0 Å². The van der Waals surface area contributed by atoms with Crippen LogP contribution in [-0.4, -0.2) is 29.1 Å². The highest BCUT2D eigenvalue weighted by Crippen LogP contribution is 2.15. The SMILES string of the molecule is CCS(=O)(=O)C(=O)c1cc(N)n(C(C)C)n1. The third-order valence-electron chi connectivity index (χ3n) is 2.13. The van der Waals surface area contributed by atoms with Crippen molar-refractivity contribution in [1.82, 2.24) is 9.78 Å². The van der Waals surface area contributed by atoms with E-state index in [0.717, 1.165) is 0 Å². The van der Waals surface area contributed by atoms with E-state index in [1.54, 1.807) is 0 Å². The van der Waals surface area contributed by atoms with Gasteiger partial charge in [0.15, 0.2) is 0 Å². The Labute approximate surface area is 94.4 Å². The molecule has 16 heavy (non-hydrogen) atoms. The average molecular weight is 245 g/mol. The van der Waals surface area contributed by atoms with Crippen LogP contribution < -0.4 is 5.73 Å². The van der Waals surface area contributed by atoms with Crippen LogP contribution in [0.1, 0.15) is 37.3 Å². The molecule has 0 aliphatic heterocycles. The molecule has 1 heterocycles. The lowest BCUT2D eigenvalue weighted by Crippen LogP contribution is -2.18. The Morgan fingerprint density at radius 3 is 2.50 bits per heavy atom. The van der Waals surface area contributed by atoms with Crippen molar-refractivity contribution in [1.29, 1.82) is 0 Å². The Kier molecular flexibility index (Phi) is 3.37. The van der Waals surface area contributed by atoms with Crippen LogP contribution in [0.3, 0.4) is 0 Å². The molecule has 2 N–H and O–H groups in total. The summed E-state index contributed by atoms with van der Waals surface area (Å²) in [7, 11) is -3.75. The molecule has 0 amide bonds. The molecule has 0 atom stereocenters. The van der Waals surface area contributed by atoms with E-state index in [2.05, 4.69) is 5.10 Å². The van der Waals surface area contributed by atoms with Gasteiger partial charge in [0.25, 0.3) is 5.12 Å². The number of hydrogen-bond acceptors (Lipinski definition) is 5. The number of sulfone groups is 1. The molecule has 0 radical (unpaired) electrons. The predicted octanol–water partition coefficient (Wildman–Crippen LogP) is 0.621. The first-order valence-electron chi connectivity index (χ1n) is 4.91. The molecule has 0 unspecified atom stereocenters. The topological polar surface area (TPSA) is 95.0 Å². The molecule has 0 aliphatic rings. The van der Waals surface area contributed by atoms with Crippen LogP contribution in [0.5, 0.6) is 0 Å². The summed E-state index contributed by atoms with van der Waals surface area (Å²) in [5.74, 6) is 0.0462. The van der Waals surface area contributed by atoms with E-state index in [-0.39, 0.29) is 23.3 Å². The van der Waals surface area contributed by atoms with Gasteiger partial charge in [0, 0.05) is 12.1 Å². The molecule has 0 saturated heterocycles. The minimum Gasteiger partial charge on any atom is -0.384 e. The number of nitrogens with two attached hydrogens (primary N) is 1. The van der Waals surface area contributed by atoms with Crippen molar-refractivity contribution in [2.24, 2.45) is 0 Å². The fraction of sp³-hybridized carbons (Fsp3) is 0.556. The first-order chi connectivity index (χ1) is 7.29. The molecule has 1 rings (SSSR count). The largest absolute Gasteiger partial charge is 0.384 e. The Hall–Kier alpha value is -1.37. The fourth-order valence-corrected chi connectivity index (χ4v) is 1.89. The van der Waals surface area contributed by atoms with Crippen LogP contribution in [0.15, 0.2) is 6.07 Å². The van der Waals surface area contributed by atoms with Crippen LogP contribution in [0, 0.1) is 0 Å². The van der Waals surface area contributed by atoms with Gasteiger partial charge >= 0.3 is 0 Å². The van der Waals surface area contributed by atoms with Crippen LogP contribution in [0.2, 0.25) is 0 Å². The molecule has 90 valence electrons. The van der Waals surface area contributed by atoms with Crippen LogP contribution in [0.4, 0.5) is 5.82 Å². The summed E-state index contributed by atoms with van der Waals surface area (Å²) in [6, 6.07) is 1.26. The lowest BCUT2D eigenvalue weighted by Gasteiger charge is -2.06. The molecule has 0 spiro atoms. The first-order valence-corrected chi connectivity index (χ1v) is 6.57. The maximum atomic E-state index is 11.6. The van der Waals surface area contributed by atoms with E-state index in [9.17, 15) is 13.2 Å². The predicted molar refractivity (Wildman–Crippen MR) is 60.8 cm³/mol. The molecule has 0 bridgehead atoms. The number of nitrogen functional groups attached to an aromatic ring is 1. The number of carbonyl (C=O) groups is 1. The number of rotatable bonds is 3. The highest BCUT2D eigenvalue weighted by Gasteiger charge is 2.25. The molecule has 0 saturated carbocycles. The third-order valence-corrected chi connectivity index (χ3v) is 3.66. The van der Waals surface area contributed by atoms with Gasteiger partial charge in [-0.25, -0.2) is 13.1 Å². The summed E-state index contributed by atoms with van der Waals surface area (Å²) in [4.78, 5) is 11.6. The van der Waals surface area contributed by atoms with Crippen molar-refractivity contribution >= 4 is 20.8 Å². The summed E-state index contributed by atoms with van der Waals surface area (Å²) in [6.45, 7) is 5.09. The summed E-state index contributed by atoms with van der Waals surface area (Å²) >= 11 is 0. The number of nitrogens with zero attached hydrogens (tertiary/aromatic N) is 2. The Balaban J connectivity index is 3.17. The van der Waals surface area contributed by atoms with Gasteiger partial charge < -0.3 is 5.73 Å². The van der Waals surface area contributed by atoms with Crippen LogP contribution in [-0.2, 0) is 9.84 Å². The van der Waals surface area contributed by atoms with Crippen molar-refractivity contribution in [3.05, 3.63) is 11.8 Å². The van der Waals surface area contributed by atoms with Crippen molar-refractivity contribution in [2.45, 2.75) is 26.8 Å². The third kappa shape index (κ3) is 2.24. The van der Waals surface area contributed by atoms with E-state index in [1.165, 1.54) is 17.7 Å². The summed E-state index contributed by atoms with van der Waals surface area (Å²) in [5, 5.41) is 2.92. The van der Waals surface area contributed by atoms with Gasteiger partial charge in [0.2, 0.25) is 9.84 Å². The minimum atomic E-state index is -3.75. The smallest absolute Gasteiger partial charge is 0.296 e. The standard InChI is InChI=1S/C9H15N3O3S/c1-4-16(14,15)9(13)7-5-8(10)12(11-7)6(2)3/h5-6H,4,10H2,1-3H3. The van der Waals surface area contributed by atoms with E-state index >= 15 is 0 Å². The van der Waals surface area contributed by atoms with Gasteiger partial charge in [-0.3, -0.25) is 4.79 Å². The van der Waals surface area contributed by atoms with Crippen LogP contribution in [0.25, 0.3) is 0 Å². The normalized spacial score (nSPS) is 12.0. The highest BCUT2D eigenvalue weighted by atomic mass is 32.2. The lowest BCUT2D eigenvalue weighted by molar-refractivity contribution is 0.107. The maximum Gasteiger partial charge on any atom is 0.296 e. The summed E-state index contributed by atoms with van der Waals surface area (Å²) in [6.07, 6.45) is 0. The first kappa shape index (κ1) is 12.7. The van der Waals surface area contributed by atoms with E-state index in [4.69, 9.17) is 5.73 Å². The Morgan fingerprint density at radius 2 is 2.12 bits per heavy atom. The average Bonchev–Trinajstić information content (AvgIpc) is 2.59. The van der Waals surface area contributed by atoms with E-state index in [1.807, 2.05) is 13.8 Å². The second-order valence-electron chi connectivity index (χ2n) is 3.68. The van der Waals surface area contributed by atoms with Gasteiger partial charge in [-0.2, -0.15) is 5.10 Å². The van der Waals surface area contributed by atoms with Gasteiger partial charge in [-0.05, 0) is 13.8 Å². The monoisotopic (exact) mass is 245 g/mol. The lowest BCUT2D eigenvalue weighted by atomic mass is 10.4. The van der Waals surface area contributed by atoms with Crippen molar-refractivity contribution < 1.29 is 13.2 Å². The van der Waals surface area contributed by atoms with Gasteiger partial charge in [0.05, 0.1) is 5.75 Å². The van der Waals surface area contributed by atoms with E-state index < -0.39 is 15.0 Å². The zero-order chi connectivity index (χ0) is 12.5. The van der Waals surface area contributed by atoms with Gasteiger partial charge in [-0.15, -0.1) is 0 Å². The molecule has 0 fully saturated rings. The Morgan fingerprint density at radius 1 is 1.56 bits per heavy atom. The highest BCUT2D eigenvalue weighted by molar-refractivity contribution is 8.06. The number of hydrogen-bond donors (Lipinski definition) is 1. The quantitative estimate of drug-likeness (QED) is 0.842.